The van der Waals surface area contributed by atoms with E-state index in [0.29, 0.717) is 5.41 Å². The van der Waals surface area contributed by atoms with Crippen LogP contribution in [0.3, 0.4) is 0 Å². The van der Waals surface area contributed by atoms with Crippen molar-refractivity contribution in [2.75, 3.05) is 26.7 Å². The molecule has 2 fully saturated rings. The van der Waals surface area contributed by atoms with Crippen molar-refractivity contribution in [2.45, 2.75) is 77.4 Å². The van der Waals surface area contributed by atoms with Gasteiger partial charge in [0.05, 0.1) is 6.10 Å². The van der Waals surface area contributed by atoms with Crippen LogP contribution in [0.15, 0.2) is 0 Å². The molecule has 0 amide bonds. The summed E-state index contributed by atoms with van der Waals surface area (Å²) in [5, 5.41) is 13.2. The Morgan fingerprint density at radius 3 is 2.29 bits per heavy atom. The minimum atomic E-state index is -0.0189. The second kappa shape index (κ2) is 6.97. The number of aliphatic hydroxyl groups excluding tert-OH is 1. The highest BCUT2D eigenvalue weighted by Gasteiger charge is 2.35. The molecule has 0 saturated heterocycles. The Hall–Kier alpha value is -0.120. The van der Waals surface area contributed by atoms with Crippen LogP contribution < -0.4 is 5.32 Å². The monoisotopic (exact) mass is 296 g/mol. The van der Waals surface area contributed by atoms with Gasteiger partial charge in [-0.3, -0.25) is 0 Å². The molecule has 0 aromatic carbocycles. The first-order chi connectivity index (χ1) is 9.78. The molecule has 3 nitrogen and oxygen atoms in total. The lowest BCUT2D eigenvalue weighted by atomic mass is 9.73. The number of hydrogen-bond acceptors (Lipinski definition) is 3. The van der Waals surface area contributed by atoms with Crippen molar-refractivity contribution >= 4 is 0 Å². The van der Waals surface area contributed by atoms with Crippen LogP contribution >= 0.6 is 0 Å². The van der Waals surface area contributed by atoms with Crippen LogP contribution in [0, 0.1) is 11.3 Å². The Bertz CT molecular complexity index is 312. The van der Waals surface area contributed by atoms with Crippen LogP contribution in [0.5, 0.6) is 0 Å². The van der Waals surface area contributed by atoms with Gasteiger partial charge in [-0.25, -0.2) is 0 Å². The Labute approximate surface area is 131 Å². The summed E-state index contributed by atoms with van der Waals surface area (Å²) in [6.07, 6.45) is 8.94. The van der Waals surface area contributed by atoms with E-state index in [9.17, 15) is 5.11 Å². The first-order valence-electron chi connectivity index (χ1n) is 8.90. The third kappa shape index (κ3) is 5.54. The fourth-order valence-electron chi connectivity index (χ4n) is 4.07. The molecule has 3 heteroatoms. The average Bonchev–Trinajstić information content (AvgIpc) is 2.35. The van der Waals surface area contributed by atoms with Gasteiger partial charge in [-0.1, -0.05) is 19.3 Å². The van der Waals surface area contributed by atoms with E-state index in [-0.39, 0.29) is 11.6 Å². The summed E-state index contributed by atoms with van der Waals surface area (Å²) in [6, 6.07) is 0. The van der Waals surface area contributed by atoms with E-state index >= 15 is 0 Å². The molecule has 2 saturated carbocycles. The summed E-state index contributed by atoms with van der Waals surface area (Å²) in [6.45, 7) is 10.3. The molecule has 0 radical (unpaired) electrons. The predicted octanol–water partition coefficient (Wildman–Crippen LogP) is 3.03. The standard InChI is InChI=1S/C18H36N2O/c1-17(2,3)19-13-18(8-6-5-7-9-18)14-20(4)12-15-10-16(21)11-15/h15-16,19,21H,5-14H2,1-4H3. The molecular formula is C18H36N2O. The molecule has 0 spiro atoms. The fourth-order valence-corrected chi connectivity index (χ4v) is 4.07. The molecule has 0 aliphatic heterocycles. The number of hydrogen-bond donors (Lipinski definition) is 2. The van der Waals surface area contributed by atoms with Crippen LogP contribution in [-0.4, -0.2) is 48.3 Å². The van der Waals surface area contributed by atoms with E-state index < -0.39 is 0 Å². The van der Waals surface area contributed by atoms with Crippen molar-refractivity contribution in [3.05, 3.63) is 0 Å². The lowest BCUT2D eigenvalue weighted by Crippen LogP contribution is -2.50. The van der Waals surface area contributed by atoms with Gasteiger partial charge in [-0.15, -0.1) is 0 Å². The predicted molar refractivity (Wildman–Crippen MR) is 89.5 cm³/mol. The van der Waals surface area contributed by atoms with Gasteiger partial charge in [0.2, 0.25) is 0 Å². The molecule has 0 aromatic heterocycles. The molecule has 0 aromatic rings. The average molecular weight is 296 g/mol. The Balaban J connectivity index is 1.85. The van der Waals surface area contributed by atoms with Crippen molar-refractivity contribution in [3.63, 3.8) is 0 Å². The molecule has 0 atom stereocenters. The molecule has 2 N–H and O–H groups in total. The fraction of sp³-hybridized carbons (Fsp3) is 1.00. The Kier molecular flexibility index (Phi) is 5.72. The minimum absolute atomic E-state index is 0.0189. The van der Waals surface area contributed by atoms with Crippen LogP contribution in [0.2, 0.25) is 0 Å². The lowest BCUT2D eigenvalue weighted by Gasteiger charge is -2.44. The topological polar surface area (TPSA) is 35.5 Å². The molecule has 2 aliphatic rings. The van der Waals surface area contributed by atoms with Gasteiger partial charge in [0.15, 0.2) is 0 Å². The third-order valence-corrected chi connectivity index (χ3v) is 5.29. The molecule has 2 rings (SSSR count). The van der Waals surface area contributed by atoms with Crippen molar-refractivity contribution in [2.24, 2.45) is 11.3 Å². The first-order valence-corrected chi connectivity index (χ1v) is 8.90. The maximum Gasteiger partial charge on any atom is 0.0546 e. The zero-order chi connectivity index (χ0) is 15.5. The molecule has 0 heterocycles. The van der Waals surface area contributed by atoms with Gasteiger partial charge in [0.25, 0.3) is 0 Å². The lowest BCUT2D eigenvalue weighted by molar-refractivity contribution is 0.0173. The molecule has 21 heavy (non-hydrogen) atoms. The highest BCUT2D eigenvalue weighted by atomic mass is 16.3. The third-order valence-electron chi connectivity index (χ3n) is 5.29. The molecule has 2 aliphatic carbocycles. The molecular weight excluding hydrogens is 260 g/mol. The zero-order valence-corrected chi connectivity index (χ0v) is 14.6. The largest absolute Gasteiger partial charge is 0.393 e. The van der Waals surface area contributed by atoms with E-state index in [1.165, 1.54) is 38.6 Å². The van der Waals surface area contributed by atoms with Crippen LogP contribution in [0.4, 0.5) is 0 Å². The van der Waals surface area contributed by atoms with E-state index in [2.05, 4.69) is 38.0 Å². The summed E-state index contributed by atoms with van der Waals surface area (Å²) in [4.78, 5) is 2.53. The van der Waals surface area contributed by atoms with Crippen LogP contribution in [0.25, 0.3) is 0 Å². The van der Waals surface area contributed by atoms with Crippen LogP contribution in [0.1, 0.15) is 65.7 Å². The Morgan fingerprint density at radius 2 is 1.76 bits per heavy atom. The van der Waals surface area contributed by atoms with E-state index in [1.54, 1.807) is 0 Å². The van der Waals surface area contributed by atoms with Crippen molar-refractivity contribution in [3.8, 4) is 0 Å². The maximum absolute atomic E-state index is 9.45. The smallest absolute Gasteiger partial charge is 0.0546 e. The summed E-state index contributed by atoms with van der Waals surface area (Å²) in [5.74, 6) is 0.723. The molecule has 0 unspecified atom stereocenters. The van der Waals surface area contributed by atoms with Crippen LogP contribution in [-0.2, 0) is 0 Å². The highest BCUT2D eigenvalue weighted by Crippen LogP contribution is 2.37. The van der Waals surface area contributed by atoms with Gasteiger partial charge in [-0.05, 0) is 64.8 Å². The van der Waals surface area contributed by atoms with Gasteiger partial charge in [0, 0.05) is 25.2 Å². The maximum atomic E-state index is 9.45. The van der Waals surface area contributed by atoms with Gasteiger partial charge >= 0.3 is 0 Å². The normalized spacial score (nSPS) is 29.4. The quantitative estimate of drug-likeness (QED) is 0.791. The molecule has 124 valence electrons. The Morgan fingerprint density at radius 1 is 1.14 bits per heavy atom. The first kappa shape index (κ1) is 17.2. The molecule has 0 bridgehead atoms. The van der Waals surface area contributed by atoms with Gasteiger partial charge < -0.3 is 15.3 Å². The van der Waals surface area contributed by atoms with Gasteiger partial charge in [-0.2, -0.15) is 0 Å². The number of nitrogens with one attached hydrogen (secondary N) is 1. The number of aliphatic hydroxyl groups is 1. The summed E-state index contributed by atoms with van der Waals surface area (Å²) in [7, 11) is 2.28. The van der Waals surface area contributed by atoms with Gasteiger partial charge in [0.1, 0.15) is 0 Å². The summed E-state index contributed by atoms with van der Waals surface area (Å²) < 4.78 is 0. The van der Waals surface area contributed by atoms with E-state index in [4.69, 9.17) is 0 Å². The number of nitrogens with zero attached hydrogens (tertiary/aromatic N) is 1. The highest BCUT2D eigenvalue weighted by molar-refractivity contribution is 4.90. The SMILES string of the molecule is CN(CC1CC(O)C1)CC1(CNC(C)(C)C)CCCCC1. The van der Waals surface area contributed by atoms with Crippen molar-refractivity contribution in [1.82, 2.24) is 10.2 Å². The zero-order valence-electron chi connectivity index (χ0n) is 14.6. The minimum Gasteiger partial charge on any atom is -0.393 e. The summed E-state index contributed by atoms with van der Waals surface area (Å²) in [5.41, 5.74) is 0.670. The van der Waals surface area contributed by atoms with Crippen molar-refractivity contribution in [1.29, 1.82) is 0 Å². The second-order valence-corrected chi connectivity index (χ2v) is 8.85. The number of rotatable bonds is 6. The van der Waals surface area contributed by atoms with E-state index in [1.807, 2.05) is 0 Å². The summed E-state index contributed by atoms with van der Waals surface area (Å²) >= 11 is 0. The van der Waals surface area contributed by atoms with Crippen molar-refractivity contribution < 1.29 is 5.11 Å². The van der Waals surface area contributed by atoms with E-state index in [0.717, 1.165) is 31.8 Å². The second-order valence-electron chi connectivity index (χ2n) is 8.85.